The quantitative estimate of drug-likeness (QED) is 0.450. The van der Waals surface area contributed by atoms with Crippen molar-refractivity contribution in [3.05, 3.63) is 0 Å². The normalized spacial score (nSPS) is 11.1. The Kier molecular flexibility index (Phi) is 4.02. The summed E-state index contributed by atoms with van der Waals surface area (Å²) >= 11 is 0. The maximum Gasteiger partial charge on any atom is 0.305 e. The first kappa shape index (κ1) is 8.74. The highest BCUT2D eigenvalue weighted by Gasteiger charge is 1.95. The molecule has 0 aliphatic rings. The molecule has 0 aliphatic heterocycles. The summed E-state index contributed by atoms with van der Waals surface area (Å²) in [6.07, 6.45) is -0.330. The van der Waals surface area contributed by atoms with Crippen LogP contribution in [-0.4, -0.2) is 29.9 Å². The van der Waals surface area contributed by atoms with E-state index in [1.165, 1.54) is 0 Å². The number of hydrogen-bond donors (Lipinski definition) is 1. The van der Waals surface area contributed by atoms with E-state index in [-0.39, 0.29) is 19.3 Å². The van der Waals surface area contributed by atoms with Crippen LogP contribution in [0, 0.1) is 0 Å². The minimum absolute atomic E-state index is 0.0676. The van der Waals surface area contributed by atoms with Gasteiger partial charge in [0.25, 0.3) is 0 Å². The lowest BCUT2D eigenvalue weighted by molar-refractivity contribution is -0.136. The number of aliphatic carboxylic acids is 1. The Bertz CT molecular complexity index is 166. The molecule has 0 radical (unpaired) electrons. The molecule has 0 unspecified atom stereocenters. The minimum atomic E-state index is -1.17. The van der Waals surface area contributed by atoms with Gasteiger partial charge < -0.3 is 5.11 Å². The second kappa shape index (κ2) is 4.60. The number of halogens is 1. The number of hydrogen-bond acceptors (Lipinski definition) is 3. The molecule has 5 heteroatoms. The van der Waals surface area contributed by atoms with Gasteiger partial charge in [0.2, 0.25) is 5.97 Å². The fraction of sp³-hybridized carbons (Fsp3) is 0.400. The first-order valence-electron chi connectivity index (χ1n) is 2.53. The zero-order valence-corrected chi connectivity index (χ0v) is 5.08. The summed E-state index contributed by atoms with van der Waals surface area (Å²) in [6.45, 7) is -0.195. The van der Waals surface area contributed by atoms with Crippen LogP contribution in [0.15, 0.2) is 4.99 Å². The van der Waals surface area contributed by atoms with Crippen LogP contribution < -0.4 is 0 Å². The Hall–Kier alpha value is -1.26. The minimum Gasteiger partial charge on any atom is -0.481 e. The Morgan fingerprint density at radius 1 is 1.70 bits per heavy atom. The fourth-order valence-corrected chi connectivity index (χ4v) is 0.296. The molecule has 1 N–H and O–H groups in total. The van der Waals surface area contributed by atoms with Crippen LogP contribution in [0.5, 0.6) is 0 Å². The van der Waals surface area contributed by atoms with E-state index < -0.39 is 11.9 Å². The number of carbonyl (C=O) groups excluding carboxylic acids is 1. The van der Waals surface area contributed by atoms with E-state index in [1.807, 2.05) is 0 Å². The van der Waals surface area contributed by atoms with Gasteiger partial charge in [-0.15, -0.1) is 0 Å². The van der Waals surface area contributed by atoms with Gasteiger partial charge >= 0.3 is 5.97 Å². The van der Waals surface area contributed by atoms with Crippen molar-refractivity contribution in [2.75, 3.05) is 6.54 Å². The second-order valence-electron chi connectivity index (χ2n) is 1.47. The molecule has 0 saturated heterocycles. The van der Waals surface area contributed by atoms with Gasteiger partial charge in [0.05, 0.1) is 13.0 Å². The molecule has 0 bridgehead atoms. The summed E-state index contributed by atoms with van der Waals surface area (Å²) < 4.78 is 11.8. The number of carboxylic acid groups (broad SMARTS) is 1. The van der Waals surface area contributed by atoms with Crippen LogP contribution in [0.25, 0.3) is 0 Å². The predicted octanol–water partition coefficient (Wildman–Crippen LogP) is 0.0280. The number of carbonyl (C=O) groups is 2. The van der Waals surface area contributed by atoms with Crippen LogP contribution >= 0.6 is 0 Å². The van der Waals surface area contributed by atoms with Gasteiger partial charge in [-0.3, -0.25) is 14.6 Å². The SMILES string of the molecule is O=CC(F)=NCCC(=O)O. The maximum atomic E-state index is 11.8. The van der Waals surface area contributed by atoms with Crippen LogP contribution in [0.2, 0.25) is 0 Å². The van der Waals surface area contributed by atoms with Crippen molar-refractivity contribution in [1.82, 2.24) is 0 Å². The van der Waals surface area contributed by atoms with Gasteiger partial charge in [0.15, 0.2) is 6.29 Å². The summed E-state index contributed by atoms with van der Waals surface area (Å²) in [5.74, 6) is -2.23. The fourth-order valence-electron chi connectivity index (χ4n) is 0.296. The largest absolute Gasteiger partial charge is 0.481 e. The van der Waals surface area contributed by atoms with Crippen molar-refractivity contribution in [2.45, 2.75) is 6.42 Å². The highest BCUT2D eigenvalue weighted by atomic mass is 19.1. The lowest BCUT2D eigenvalue weighted by Gasteiger charge is -1.86. The van der Waals surface area contributed by atoms with Gasteiger partial charge in [0, 0.05) is 0 Å². The van der Waals surface area contributed by atoms with Gasteiger partial charge in [-0.05, 0) is 0 Å². The summed E-state index contributed by atoms with van der Waals surface area (Å²) in [4.78, 5) is 22.3. The molecule has 0 aromatic carbocycles. The first-order valence-corrected chi connectivity index (χ1v) is 2.53. The average Bonchev–Trinajstić information content (AvgIpc) is 1.87. The van der Waals surface area contributed by atoms with Crippen LogP contribution in [-0.2, 0) is 9.59 Å². The van der Waals surface area contributed by atoms with Crippen molar-refractivity contribution < 1.29 is 19.1 Å². The summed E-state index contributed by atoms with van der Waals surface area (Å²) in [7, 11) is 0. The lowest BCUT2D eigenvalue weighted by atomic mass is 10.4. The van der Waals surface area contributed by atoms with Gasteiger partial charge in [0.1, 0.15) is 0 Å². The van der Waals surface area contributed by atoms with E-state index in [2.05, 4.69) is 4.99 Å². The molecule has 4 nitrogen and oxygen atoms in total. The number of carboxylic acids is 1. The maximum absolute atomic E-state index is 11.8. The molecule has 0 aromatic heterocycles. The number of rotatable bonds is 4. The Balaban J connectivity index is 3.52. The van der Waals surface area contributed by atoms with E-state index in [0.29, 0.717) is 0 Å². The van der Waals surface area contributed by atoms with E-state index in [1.54, 1.807) is 0 Å². The van der Waals surface area contributed by atoms with Crippen LogP contribution in [0.1, 0.15) is 6.42 Å². The Morgan fingerprint density at radius 3 is 2.70 bits per heavy atom. The van der Waals surface area contributed by atoms with E-state index >= 15 is 0 Å². The van der Waals surface area contributed by atoms with E-state index in [4.69, 9.17) is 5.11 Å². The highest BCUT2D eigenvalue weighted by molar-refractivity contribution is 6.23. The van der Waals surface area contributed by atoms with Crippen molar-refractivity contribution in [3.63, 3.8) is 0 Å². The molecule has 56 valence electrons. The van der Waals surface area contributed by atoms with Crippen LogP contribution in [0.3, 0.4) is 0 Å². The molecule has 0 aliphatic carbocycles. The lowest BCUT2D eigenvalue weighted by Crippen LogP contribution is -1.99. The van der Waals surface area contributed by atoms with Crippen molar-refractivity contribution in [2.24, 2.45) is 4.99 Å². The Labute approximate surface area is 56.4 Å². The summed E-state index contributed by atoms with van der Waals surface area (Å²) in [5.41, 5.74) is 0. The van der Waals surface area contributed by atoms with E-state index in [0.717, 1.165) is 0 Å². The highest BCUT2D eigenvalue weighted by Crippen LogP contribution is 1.82. The molecule has 0 heterocycles. The molecular weight excluding hydrogens is 141 g/mol. The molecule has 0 spiro atoms. The Morgan fingerprint density at radius 2 is 2.30 bits per heavy atom. The molecule has 0 saturated carbocycles. The molecule has 0 fully saturated rings. The zero-order chi connectivity index (χ0) is 7.98. The molecule has 0 amide bonds. The van der Waals surface area contributed by atoms with Crippen molar-refractivity contribution >= 4 is 18.2 Å². The third-order valence-electron chi connectivity index (χ3n) is 0.686. The standard InChI is InChI=1S/C5H6FNO3/c6-4(3-8)7-2-1-5(9)10/h3H,1-2H2,(H,9,10). The third-order valence-corrected chi connectivity index (χ3v) is 0.686. The predicted molar refractivity (Wildman–Crippen MR) is 31.7 cm³/mol. The molecule has 10 heavy (non-hydrogen) atoms. The third kappa shape index (κ3) is 4.89. The number of aldehydes is 1. The first-order chi connectivity index (χ1) is 4.66. The molecule has 0 rings (SSSR count). The number of aliphatic imine (C=N–C) groups is 1. The van der Waals surface area contributed by atoms with E-state index in [9.17, 15) is 14.0 Å². The summed E-state index contributed by atoms with van der Waals surface area (Å²) in [5, 5.41) is 8.02. The van der Waals surface area contributed by atoms with Gasteiger partial charge in [-0.1, -0.05) is 0 Å². The molecular formula is C5H6FNO3. The molecule has 0 atom stereocenters. The van der Waals surface area contributed by atoms with Crippen LogP contribution in [0.4, 0.5) is 4.39 Å². The zero-order valence-electron chi connectivity index (χ0n) is 5.08. The summed E-state index contributed by atoms with van der Waals surface area (Å²) in [6, 6.07) is 0. The average molecular weight is 147 g/mol. The van der Waals surface area contributed by atoms with Gasteiger partial charge in [-0.2, -0.15) is 4.39 Å². The molecule has 0 aromatic rings. The second-order valence-corrected chi connectivity index (χ2v) is 1.47. The smallest absolute Gasteiger partial charge is 0.305 e. The van der Waals surface area contributed by atoms with Gasteiger partial charge in [-0.25, -0.2) is 0 Å². The topological polar surface area (TPSA) is 66.7 Å². The monoisotopic (exact) mass is 147 g/mol. The number of nitrogens with zero attached hydrogens (tertiary/aromatic N) is 1. The van der Waals surface area contributed by atoms with Crippen molar-refractivity contribution in [1.29, 1.82) is 0 Å². The van der Waals surface area contributed by atoms with Crippen molar-refractivity contribution in [3.8, 4) is 0 Å².